The van der Waals surface area contributed by atoms with Gasteiger partial charge in [-0.3, -0.25) is 4.79 Å². The average Bonchev–Trinajstić information content (AvgIpc) is 2.21. The fourth-order valence-electron chi connectivity index (χ4n) is 1.59. The lowest BCUT2D eigenvalue weighted by Crippen LogP contribution is -2.15. The molecule has 0 aliphatic rings. The van der Waals surface area contributed by atoms with Crippen LogP contribution in [-0.4, -0.2) is 5.91 Å². The van der Waals surface area contributed by atoms with Gasteiger partial charge in [-0.1, -0.05) is 37.6 Å². The van der Waals surface area contributed by atoms with E-state index in [1.165, 1.54) is 0 Å². The Morgan fingerprint density at radius 1 is 1.38 bits per heavy atom. The number of halogens is 1. The van der Waals surface area contributed by atoms with Crippen LogP contribution in [0.1, 0.15) is 25.3 Å². The molecule has 0 aliphatic heterocycles. The third-order valence-corrected chi connectivity index (χ3v) is 2.56. The van der Waals surface area contributed by atoms with Gasteiger partial charge in [0.1, 0.15) is 0 Å². The summed E-state index contributed by atoms with van der Waals surface area (Å²) in [5.74, 6) is -0.799. The van der Waals surface area contributed by atoms with E-state index >= 15 is 0 Å². The minimum absolute atomic E-state index is 0.0687. The van der Waals surface area contributed by atoms with Gasteiger partial charge in [-0.2, -0.15) is 0 Å². The topological polar surface area (TPSA) is 65.8 Å². The summed E-state index contributed by atoms with van der Waals surface area (Å²) in [5, 5.41) is 3.77. The summed E-state index contributed by atoms with van der Waals surface area (Å²) in [6, 6.07) is 6.99. The molecule has 1 aromatic rings. The van der Waals surface area contributed by atoms with Gasteiger partial charge in [-0.15, -0.1) is 0 Å². The molecule has 0 aliphatic carbocycles. The summed E-state index contributed by atoms with van der Waals surface area (Å²) in [7, 11) is 0. The SMILES string of the molecule is CC(C)[C@H](C(=O)N=[N+]=[N-])c1ccc(Cl)cc1. The molecule has 0 aromatic heterocycles. The van der Waals surface area contributed by atoms with Crippen molar-refractivity contribution in [2.45, 2.75) is 19.8 Å². The molecule has 0 spiro atoms. The first-order valence-corrected chi connectivity index (χ1v) is 5.28. The van der Waals surface area contributed by atoms with E-state index in [0.717, 1.165) is 5.56 Å². The van der Waals surface area contributed by atoms with E-state index < -0.39 is 11.8 Å². The number of amides is 1. The maximum Gasteiger partial charge on any atom is 0.226 e. The van der Waals surface area contributed by atoms with Crippen LogP contribution in [0.25, 0.3) is 10.4 Å². The van der Waals surface area contributed by atoms with Crippen LogP contribution < -0.4 is 0 Å². The van der Waals surface area contributed by atoms with Crippen molar-refractivity contribution >= 4 is 17.5 Å². The van der Waals surface area contributed by atoms with Crippen molar-refractivity contribution in [1.29, 1.82) is 0 Å². The highest BCUT2D eigenvalue weighted by Gasteiger charge is 2.22. The minimum atomic E-state index is -0.458. The van der Waals surface area contributed by atoms with Crippen molar-refractivity contribution in [2.75, 3.05) is 0 Å². The van der Waals surface area contributed by atoms with Crippen molar-refractivity contribution in [3.8, 4) is 0 Å². The molecule has 0 saturated carbocycles. The van der Waals surface area contributed by atoms with Gasteiger partial charge in [0.25, 0.3) is 0 Å². The quantitative estimate of drug-likeness (QED) is 0.446. The summed E-state index contributed by atoms with van der Waals surface area (Å²) in [6.07, 6.45) is 0. The van der Waals surface area contributed by atoms with Gasteiger partial charge in [0.05, 0.1) is 5.92 Å². The number of nitrogens with zero attached hydrogens (tertiary/aromatic N) is 3. The molecule has 0 fully saturated rings. The molecule has 0 saturated heterocycles. The van der Waals surface area contributed by atoms with Gasteiger partial charge < -0.3 is 0 Å². The number of rotatable bonds is 3. The second-order valence-corrected chi connectivity index (χ2v) is 4.24. The standard InChI is InChI=1S/C11H12ClN3O/c1-7(2)10(11(16)14-15-13)8-3-5-9(12)6-4-8/h3-7,10H,1-2H3/t10-/m0/s1. The Hall–Kier alpha value is -1.51. The average molecular weight is 238 g/mol. The van der Waals surface area contributed by atoms with Crippen molar-refractivity contribution in [3.63, 3.8) is 0 Å². The van der Waals surface area contributed by atoms with Gasteiger partial charge in [-0.25, -0.2) is 0 Å². The molecule has 16 heavy (non-hydrogen) atoms. The Kier molecular flexibility index (Phi) is 4.35. The van der Waals surface area contributed by atoms with E-state index in [1.807, 2.05) is 13.8 Å². The molecule has 1 rings (SSSR count). The van der Waals surface area contributed by atoms with Crippen LogP contribution in [0.3, 0.4) is 0 Å². The summed E-state index contributed by atoms with van der Waals surface area (Å²) in [5.41, 5.74) is 9.09. The van der Waals surface area contributed by atoms with Crippen LogP contribution in [0.5, 0.6) is 0 Å². The van der Waals surface area contributed by atoms with Crippen LogP contribution in [0.15, 0.2) is 29.4 Å². The first-order chi connectivity index (χ1) is 7.56. The van der Waals surface area contributed by atoms with Crippen LogP contribution in [0.4, 0.5) is 0 Å². The number of carbonyl (C=O) groups excluding carboxylic acids is 1. The van der Waals surface area contributed by atoms with Gasteiger partial charge in [0.2, 0.25) is 5.91 Å². The Morgan fingerprint density at radius 3 is 2.38 bits per heavy atom. The predicted octanol–water partition coefficient (Wildman–Crippen LogP) is 3.92. The van der Waals surface area contributed by atoms with Crippen LogP contribution in [0, 0.1) is 5.92 Å². The smallest absolute Gasteiger partial charge is 0.226 e. The molecule has 84 valence electrons. The molecule has 0 N–H and O–H groups in total. The highest BCUT2D eigenvalue weighted by molar-refractivity contribution is 6.30. The molecule has 1 atom stereocenters. The molecule has 1 amide bonds. The summed E-state index contributed by atoms with van der Waals surface area (Å²) in [4.78, 5) is 14.1. The minimum Gasteiger partial charge on any atom is -0.292 e. The van der Waals surface area contributed by atoms with Gasteiger partial charge >= 0.3 is 0 Å². The third kappa shape index (κ3) is 2.99. The van der Waals surface area contributed by atoms with E-state index in [1.54, 1.807) is 24.3 Å². The van der Waals surface area contributed by atoms with E-state index in [0.29, 0.717) is 5.02 Å². The Balaban J connectivity index is 3.07. The second-order valence-electron chi connectivity index (χ2n) is 3.80. The van der Waals surface area contributed by atoms with E-state index in [4.69, 9.17) is 17.1 Å². The first kappa shape index (κ1) is 12.6. The van der Waals surface area contributed by atoms with Crippen LogP contribution in [-0.2, 0) is 4.79 Å². The molecule has 0 heterocycles. The Bertz CT molecular complexity index is 421. The molecule has 5 heteroatoms. The lowest BCUT2D eigenvalue weighted by molar-refractivity contribution is -0.120. The summed E-state index contributed by atoms with van der Waals surface area (Å²) < 4.78 is 0. The monoisotopic (exact) mass is 237 g/mol. The fraction of sp³-hybridized carbons (Fsp3) is 0.364. The Morgan fingerprint density at radius 2 is 1.94 bits per heavy atom. The van der Waals surface area contributed by atoms with Crippen molar-refractivity contribution in [1.82, 2.24) is 0 Å². The maximum atomic E-state index is 11.6. The zero-order valence-electron chi connectivity index (χ0n) is 9.09. The lowest BCUT2D eigenvalue weighted by atomic mass is 9.88. The molecule has 0 radical (unpaired) electrons. The number of azide groups is 1. The van der Waals surface area contributed by atoms with Crippen LogP contribution >= 0.6 is 11.6 Å². The highest BCUT2D eigenvalue weighted by Crippen LogP contribution is 2.27. The molecular formula is C11H12ClN3O. The summed E-state index contributed by atoms with van der Waals surface area (Å²) in [6.45, 7) is 3.81. The first-order valence-electron chi connectivity index (χ1n) is 4.90. The second kappa shape index (κ2) is 5.54. The zero-order chi connectivity index (χ0) is 12.1. The van der Waals surface area contributed by atoms with Gasteiger partial charge in [0.15, 0.2) is 0 Å². The zero-order valence-corrected chi connectivity index (χ0v) is 9.85. The van der Waals surface area contributed by atoms with Crippen molar-refractivity contribution < 1.29 is 4.79 Å². The van der Waals surface area contributed by atoms with Crippen molar-refractivity contribution in [3.05, 3.63) is 45.3 Å². The normalized spacial score (nSPS) is 12.0. The summed E-state index contributed by atoms with van der Waals surface area (Å²) >= 11 is 5.77. The third-order valence-electron chi connectivity index (χ3n) is 2.31. The molecule has 0 unspecified atom stereocenters. The number of hydrogen-bond acceptors (Lipinski definition) is 1. The van der Waals surface area contributed by atoms with E-state index in [-0.39, 0.29) is 5.92 Å². The van der Waals surface area contributed by atoms with E-state index in [9.17, 15) is 4.79 Å². The predicted molar refractivity (Wildman–Crippen MR) is 63.2 cm³/mol. The highest BCUT2D eigenvalue weighted by atomic mass is 35.5. The molecule has 0 bridgehead atoms. The number of carbonyl (C=O) groups is 1. The lowest BCUT2D eigenvalue weighted by Gasteiger charge is -2.17. The number of benzene rings is 1. The number of hydrogen-bond donors (Lipinski definition) is 0. The van der Waals surface area contributed by atoms with E-state index in [2.05, 4.69) is 10.0 Å². The molecule has 4 nitrogen and oxygen atoms in total. The van der Waals surface area contributed by atoms with Crippen molar-refractivity contribution in [2.24, 2.45) is 11.0 Å². The van der Waals surface area contributed by atoms with Gasteiger partial charge in [0, 0.05) is 9.93 Å². The maximum absolute atomic E-state index is 11.6. The van der Waals surface area contributed by atoms with Crippen LogP contribution in [0.2, 0.25) is 5.02 Å². The largest absolute Gasteiger partial charge is 0.292 e. The fourth-order valence-corrected chi connectivity index (χ4v) is 1.72. The molecule has 1 aromatic carbocycles. The Labute approximate surface area is 98.9 Å². The van der Waals surface area contributed by atoms with Gasteiger partial charge in [-0.05, 0) is 34.3 Å². The molecular weight excluding hydrogens is 226 g/mol.